The fraction of sp³-hybridized carbons (Fsp3) is 0.433. The first-order valence-electron chi connectivity index (χ1n) is 13.9. The van der Waals surface area contributed by atoms with Crippen molar-refractivity contribution in [1.29, 1.82) is 0 Å². The number of carboxylic acids is 1. The smallest absolute Gasteiger partial charge is 0.335 e. The Morgan fingerprint density at radius 2 is 1.88 bits per heavy atom. The number of anilines is 1. The zero-order chi connectivity index (χ0) is 28.7. The van der Waals surface area contributed by atoms with Gasteiger partial charge in [0, 0.05) is 23.1 Å². The van der Waals surface area contributed by atoms with Crippen molar-refractivity contribution in [2.24, 2.45) is 0 Å². The van der Waals surface area contributed by atoms with E-state index in [0.29, 0.717) is 45.1 Å². The van der Waals surface area contributed by atoms with Crippen molar-refractivity contribution in [1.82, 2.24) is 10.1 Å². The molecule has 0 saturated heterocycles. The van der Waals surface area contributed by atoms with E-state index in [1.807, 2.05) is 32.0 Å². The lowest BCUT2D eigenvalue weighted by atomic mass is 9.93. The summed E-state index contributed by atoms with van der Waals surface area (Å²) in [4.78, 5) is 16.4. The van der Waals surface area contributed by atoms with Crippen LogP contribution in [0.15, 0.2) is 34.9 Å². The molecule has 41 heavy (non-hydrogen) atoms. The number of nitrogens with one attached hydrogen (secondary N) is 1. The van der Waals surface area contributed by atoms with Crippen molar-refractivity contribution in [3.8, 4) is 17.0 Å². The molecular formula is C30H31Cl2N3O5S. The number of carboxylic acid groups (broad SMARTS) is 1. The molecule has 2 fully saturated rings. The highest BCUT2D eigenvalue weighted by atomic mass is 35.5. The van der Waals surface area contributed by atoms with E-state index in [9.17, 15) is 9.90 Å². The normalized spacial score (nSPS) is 19.1. The van der Waals surface area contributed by atoms with Crippen molar-refractivity contribution in [3.05, 3.63) is 57.3 Å². The van der Waals surface area contributed by atoms with Crippen molar-refractivity contribution in [2.45, 2.75) is 83.1 Å². The summed E-state index contributed by atoms with van der Waals surface area (Å²) in [6, 6.07) is 8.89. The van der Waals surface area contributed by atoms with Gasteiger partial charge in [-0.2, -0.15) is 0 Å². The number of hydrogen-bond acceptors (Lipinski definition) is 8. The SMILES string of the molecule is CC(C)Oc1cc(C(=O)O)cc2sc(N[C@H]3CC[C@@H](OCc4c(-c5c(Cl)cccc5Cl)noc4C4CC4)CC3)nc12. The summed E-state index contributed by atoms with van der Waals surface area (Å²) in [6.45, 7) is 4.22. The second-order valence-corrected chi connectivity index (χ2v) is 12.8. The molecule has 0 bridgehead atoms. The van der Waals surface area contributed by atoms with Crippen LogP contribution in [0.2, 0.25) is 10.0 Å². The molecular weight excluding hydrogens is 585 g/mol. The van der Waals surface area contributed by atoms with Crippen LogP contribution in [0.3, 0.4) is 0 Å². The molecule has 2 saturated carbocycles. The van der Waals surface area contributed by atoms with Gasteiger partial charge < -0.3 is 24.4 Å². The van der Waals surface area contributed by atoms with Crippen LogP contribution in [-0.2, 0) is 11.3 Å². The fourth-order valence-corrected chi connectivity index (χ4v) is 6.90. The molecule has 8 nitrogen and oxygen atoms in total. The van der Waals surface area contributed by atoms with Gasteiger partial charge >= 0.3 is 5.97 Å². The van der Waals surface area contributed by atoms with Crippen LogP contribution < -0.4 is 10.1 Å². The van der Waals surface area contributed by atoms with Crippen LogP contribution in [0.1, 0.15) is 80.0 Å². The van der Waals surface area contributed by atoms with E-state index < -0.39 is 5.97 Å². The maximum Gasteiger partial charge on any atom is 0.335 e. The number of aromatic carboxylic acids is 1. The summed E-state index contributed by atoms with van der Waals surface area (Å²) >= 11 is 14.4. The number of benzene rings is 2. The molecule has 6 rings (SSSR count). The van der Waals surface area contributed by atoms with Crippen molar-refractivity contribution in [3.63, 3.8) is 0 Å². The number of thiazole rings is 1. The van der Waals surface area contributed by atoms with Gasteiger partial charge in [0.1, 0.15) is 22.7 Å². The number of fused-ring (bicyclic) bond motifs is 1. The van der Waals surface area contributed by atoms with Crippen molar-refractivity contribution < 1.29 is 23.9 Å². The molecule has 0 atom stereocenters. The minimum Gasteiger partial charge on any atom is -0.489 e. The highest BCUT2D eigenvalue weighted by Crippen LogP contribution is 2.46. The third-order valence-electron chi connectivity index (χ3n) is 7.50. The van der Waals surface area contributed by atoms with E-state index in [2.05, 4.69) is 10.5 Å². The average molecular weight is 617 g/mol. The van der Waals surface area contributed by atoms with E-state index in [1.165, 1.54) is 11.3 Å². The van der Waals surface area contributed by atoms with E-state index in [1.54, 1.807) is 12.1 Å². The lowest BCUT2D eigenvalue weighted by molar-refractivity contribution is 0.0145. The Bertz CT molecular complexity index is 1550. The van der Waals surface area contributed by atoms with Gasteiger partial charge in [-0.1, -0.05) is 45.8 Å². The molecule has 2 heterocycles. The molecule has 2 N–H and O–H groups in total. The van der Waals surface area contributed by atoms with Gasteiger partial charge in [-0.05, 0) is 76.6 Å². The molecule has 0 radical (unpaired) electrons. The minimum absolute atomic E-state index is 0.0911. The molecule has 0 unspecified atom stereocenters. The van der Waals surface area contributed by atoms with E-state index in [4.69, 9.17) is 42.2 Å². The number of hydrogen-bond donors (Lipinski definition) is 2. The fourth-order valence-electron chi connectivity index (χ4n) is 5.33. The van der Waals surface area contributed by atoms with Crippen molar-refractivity contribution >= 4 is 55.9 Å². The van der Waals surface area contributed by atoms with E-state index >= 15 is 0 Å². The number of halogens is 2. The largest absolute Gasteiger partial charge is 0.489 e. The summed E-state index contributed by atoms with van der Waals surface area (Å²) in [7, 11) is 0. The van der Waals surface area contributed by atoms with Gasteiger partial charge in [-0.15, -0.1) is 0 Å². The predicted octanol–water partition coefficient (Wildman–Crippen LogP) is 8.56. The van der Waals surface area contributed by atoms with Gasteiger partial charge in [-0.25, -0.2) is 9.78 Å². The van der Waals surface area contributed by atoms with Crippen LogP contribution in [0.4, 0.5) is 5.13 Å². The van der Waals surface area contributed by atoms with Crippen LogP contribution in [0.5, 0.6) is 5.75 Å². The summed E-state index contributed by atoms with van der Waals surface area (Å²) in [5.74, 6) is 0.768. The zero-order valence-electron chi connectivity index (χ0n) is 22.8. The highest BCUT2D eigenvalue weighted by molar-refractivity contribution is 7.22. The third-order valence-corrected chi connectivity index (χ3v) is 9.06. The summed E-state index contributed by atoms with van der Waals surface area (Å²) < 4.78 is 18.9. The second kappa shape index (κ2) is 11.8. The van der Waals surface area contributed by atoms with Crippen LogP contribution in [-0.4, -0.2) is 39.5 Å². The van der Waals surface area contributed by atoms with Gasteiger partial charge in [0.2, 0.25) is 0 Å². The van der Waals surface area contributed by atoms with Gasteiger partial charge in [0.05, 0.1) is 39.1 Å². The maximum atomic E-state index is 11.6. The number of ether oxygens (including phenoxy) is 2. The van der Waals surface area contributed by atoms with Crippen molar-refractivity contribution in [2.75, 3.05) is 5.32 Å². The Balaban J connectivity index is 1.11. The van der Waals surface area contributed by atoms with E-state index in [0.717, 1.165) is 59.7 Å². The number of carbonyl (C=O) groups is 1. The molecule has 0 spiro atoms. The second-order valence-electron chi connectivity index (χ2n) is 11.0. The van der Waals surface area contributed by atoms with E-state index in [-0.39, 0.29) is 23.8 Å². The van der Waals surface area contributed by atoms with Crippen LogP contribution >= 0.6 is 34.5 Å². The molecule has 4 aromatic rings. The molecule has 2 aliphatic carbocycles. The number of aromatic nitrogens is 2. The Hall–Kier alpha value is -2.85. The first-order chi connectivity index (χ1) is 19.8. The molecule has 216 valence electrons. The van der Waals surface area contributed by atoms with Gasteiger partial charge in [-0.3, -0.25) is 0 Å². The first kappa shape index (κ1) is 28.3. The van der Waals surface area contributed by atoms with Crippen LogP contribution in [0.25, 0.3) is 21.5 Å². The Labute approximate surface area is 251 Å². The lowest BCUT2D eigenvalue weighted by Crippen LogP contribution is -2.29. The maximum absolute atomic E-state index is 11.6. The standard InChI is InChI=1S/C30H31Cl2N3O5S/c1-15(2)39-23-12-17(29(36)37)13-24-27(23)34-30(41-24)33-18-8-10-19(11-9-18)38-14-20-26(35-40-28(20)16-6-7-16)25-21(31)4-3-5-22(25)32/h3-5,12-13,15-16,18-19H,6-11,14H2,1-2H3,(H,33,34)(H,36,37)/t18-,19+. The highest BCUT2D eigenvalue weighted by Gasteiger charge is 2.34. The molecule has 2 aromatic heterocycles. The molecule has 2 aliphatic rings. The molecule has 0 amide bonds. The Kier molecular flexibility index (Phi) is 8.14. The Morgan fingerprint density at radius 3 is 2.54 bits per heavy atom. The monoisotopic (exact) mass is 615 g/mol. The number of nitrogens with zero attached hydrogens (tertiary/aromatic N) is 2. The minimum atomic E-state index is -0.987. The zero-order valence-corrected chi connectivity index (χ0v) is 25.1. The molecule has 11 heteroatoms. The summed E-state index contributed by atoms with van der Waals surface area (Å²) in [5, 5.41) is 19.3. The third kappa shape index (κ3) is 6.18. The lowest BCUT2D eigenvalue weighted by Gasteiger charge is -2.29. The van der Waals surface area contributed by atoms with Gasteiger partial charge in [0.25, 0.3) is 0 Å². The number of rotatable bonds is 10. The average Bonchev–Trinajstić information content (AvgIpc) is 3.56. The summed E-state index contributed by atoms with van der Waals surface area (Å²) in [6.07, 6.45) is 5.86. The predicted molar refractivity (Wildman–Crippen MR) is 161 cm³/mol. The molecule has 0 aliphatic heterocycles. The first-order valence-corrected chi connectivity index (χ1v) is 15.5. The van der Waals surface area contributed by atoms with Crippen LogP contribution in [0, 0.1) is 0 Å². The molecule has 2 aromatic carbocycles. The Morgan fingerprint density at radius 1 is 1.15 bits per heavy atom. The quantitative estimate of drug-likeness (QED) is 0.183. The van der Waals surface area contributed by atoms with Gasteiger partial charge in [0.15, 0.2) is 5.13 Å². The summed E-state index contributed by atoms with van der Waals surface area (Å²) in [5.41, 5.74) is 3.17. The topological polar surface area (TPSA) is 107 Å².